The van der Waals surface area contributed by atoms with Gasteiger partial charge in [0, 0.05) is 11.8 Å². The van der Waals surface area contributed by atoms with E-state index in [0.29, 0.717) is 11.3 Å². The van der Waals surface area contributed by atoms with Crippen molar-refractivity contribution < 1.29 is 0 Å². The van der Waals surface area contributed by atoms with Gasteiger partial charge in [0.25, 0.3) is 0 Å². The predicted octanol–water partition coefficient (Wildman–Crippen LogP) is 1.25. The van der Waals surface area contributed by atoms with Gasteiger partial charge < -0.3 is 4.98 Å². The van der Waals surface area contributed by atoms with E-state index in [1.807, 2.05) is 43.5 Å². The summed E-state index contributed by atoms with van der Waals surface area (Å²) >= 11 is 0. The minimum absolute atomic E-state index is 0.612. The highest BCUT2D eigenvalue weighted by atomic mass is 15.4. The Morgan fingerprint density at radius 1 is 1.05 bits per heavy atom. The van der Waals surface area contributed by atoms with E-state index in [9.17, 15) is 0 Å². The highest BCUT2D eigenvalue weighted by molar-refractivity contribution is 5.98. The van der Waals surface area contributed by atoms with Crippen LogP contribution in [0, 0.1) is 0 Å². The summed E-state index contributed by atoms with van der Waals surface area (Å²) in [7, 11) is 0. The van der Waals surface area contributed by atoms with E-state index in [0.717, 1.165) is 22.7 Å². The first-order valence-corrected chi connectivity index (χ1v) is 6.20. The highest BCUT2D eigenvalue weighted by Crippen LogP contribution is 2.15. The Hall–Kier alpha value is -2.96. The van der Waals surface area contributed by atoms with Crippen molar-refractivity contribution in [2.75, 3.05) is 0 Å². The summed E-state index contributed by atoms with van der Waals surface area (Å²) in [4.78, 5) is 3.12. The maximum atomic E-state index is 4.21. The molecule has 3 heterocycles. The highest BCUT2D eigenvalue weighted by Gasteiger charge is 2.11. The third kappa shape index (κ3) is 1.53. The lowest BCUT2D eigenvalue weighted by atomic mass is 10.2. The van der Waals surface area contributed by atoms with Gasteiger partial charge in [-0.2, -0.15) is 9.62 Å². The zero-order valence-electron chi connectivity index (χ0n) is 10.7. The second-order valence-electron chi connectivity index (χ2n) is 4.50. The lowest BCUT2D eigenvalue weighted by Crippen LogP contribution is -2.13. The molecule has 7 heteroatoms. The quantitative estimate of drug-likeness (QED) is 0.693. The Morgan fingerprint density at radius 3 is 2.75 bits per heavy atom. The number of hydrogen-bond donors (Lipinski definition) is 2. The molecule has 2 N–H and O–H groups in total. The van der Waals surface area contributed by atoms with Crippen LogP contribution >= 0.6 is 0 Å². The lowest BCUT2D eigenvalue weighted by Gasteiger charge is -1.96. The molecule has 1 aromatic carbocycles. The fourth-order valence-corrected chi connectivity index (χ4v) is 2.16. The van der Waals surface area contributed by atoms with Crippen molar-refractivity contribution in [3.8, 4) is 11.4 Å². The molecule has 0 unspecified atom stereocenters. The Labute approximate surface area is 113 Å². The average molecular weight is 265 g/mol. The number of nitrogens with one attached hydrogen (secondary N) is 2. The Bertz CT molecular complexity index is 909. The maximum absolute atomic E-state index is 4.21. The molecule has 0 saturated heterocycles. The molecule has 0 bridgehead atoms. The van der Waals surface area contributed by atoms with E-state index in [1.54, 1.807) is 4.52 Å². The van der Waals surface area contributed by atoms with Crippen LogP contribution in [0.2, 0.25) is 0 Å². The standard InChI is InChI=1S/C13H11N7/c1-8-10-7-14-13-18-17-12(9-5-3-2-4-6-9)20(13)19-11(10)16-15-8/h2-7H,1H3,(H,14,18)(H,16,19). The molecule has 0 amide bonds. The molecule has 98 valence electrons. The van der Waals surface area contributed by atoms with Gasteiger partial charge in [-0.05, 0) is 6.92 Å². The van der Waals surface area contributed by atoms with E-state index >= 15 is 0 Å². The van der Waals surface area contributed by atoms with Gasteiger partial charge in [0.15, 0.2) is 11.3 Å². The smallest absolute Gasteiger partial charge is 0.248 e. The number of aromatic nitrogens is 5. The monoisotopic (exact) mass is 265 g/mol. The molecule has 4 rings (SSSR count). The molecular formula is C13H11N7. The third-order valence-electron chi connectivity index (χ3n) is 3.20. The molecule has 0 atom stereocenters. The SMILES string of the molecule is CC1=NN=c2[nH]n3c(-c4ccccc4)nnc3[nH]cc21. The molecule has 0 saturated carbocycles. The maximum Gasteiger partial charge on any atom is 0.248 e. The van der Waals surface area contributed by atoms with Crippen LogP contribution in [0.25, 0.3) is 17.2 Å². The van der Waals surface area contributed by atoms with E-state index in [2.05, 4.69) is 30.5 Å². The van der Waals surface area contributed by atoms with Crippen molar-refractivity contribution in [2.45, 2.75) is 6.92 Å². The first-order valence-electron chi connectivity index (χ1n) is 6.20. The topological polar surface area (TPSA) is 86.5 Å². The summed E-state index contributed by atoms with van der Waals surface area (Å²) in [5, 5.41) is 19.7. The van der Waals surface area contributed by atoms with Gasteiger partial charge >= 0.3 is 0 Å². The van der Waals surface area contributed by atoms with Crippen molar-refractivity contribution in [3.63, 3.8) is 0 Å². The van der Waals surface area contributed by atoms with Crippen LogP contribution in [-0.2, 0) is 0 Å². The van der Waals surface area contributed by atoms with Crippen LogP contribution < -0.4 is 5.49 Å². The molecule has 1 aliphatic heterocycles. The molecular weight excluding hydrogens is 254 g/mol. The summed E-state index contributed by atoms with van der Waals surface area (Å²) < 4.78 is 1.77. The summed E-state index contributed by atoms with van der Waals surface area (Å²) in [6.45, 7) is 1.91. The molecule has 7 nitrogen and oxygen atoms in total. The predicted molar refractivity (Wildman–Crippen MR) is 73.7 cm³/mol. The number of H-pyrrole nitrogens is 2. The molecule has 3 aromatic rings. The zero-order chi connectivity index (χ0) is 13.5. The molecule has 0 fully saturated rings. The molecule has 0 radical (unpaired) electrons. The Kier molecular flexibility index (Phi) is 2.19. The number of aromatic amines is 2. The molecule has 0 aliphatic carbocycles. The molecule has 0 spiro atoms. The largest absolute Gasteiger partial charge is 0.329 e. The van der Waals surface area contributed by atoms with Crippen LogP contribution in [0.3, 0.4) is 0 Å². The number of rotatable bonds is 1. The van der Waals surface area contributed by atoms with Crippen molar-refractivity contribution in [1.82, 2.24) is 24.8 Å². The number of hydrogen-bond acceptors (Lipinski definition) is 4. The van der Waals surface area contributed by atoms with Crippen molar-refractivity contribution in [1.29, 1.82) is 0 Å². The van der Waals surface area contributed by atoms with E-state index in [-0.39, 0.29) is 0 Å². The van der Waals surface area contributed by atoms with Crippen LogP contribution in [-0.4, -0.2) is 30.5 Å². The van der Waals surface area contributed by atoms with Gasteiger partial charge in [0.2, 0.25) is 5.78 Å². The fraction of sp³-hybridized carbons (Fsp3) is 0.0769. The van der Waals surface area contributed by atoms with E-state index < -0.39 is 0 Å². The van der Waals surface area contributed by atoms with Crippen LogP contribution in [0.5, 0.6) is 0 Å². The summed E-state index contributed by atoms with van der Waals surface area (Å²) in [5.41, 5.74) is 3.44. The minimum atomic E-state index is 0.612. The normalized spacial score (nSPS) is 12.9. The summed E-state index contributed by atoms with van der Waals surface area (Å²) in [6.07, 6.45) is 1.83. The van der Waals surface area contributed by atoms with E-state index in [4.69, 9.17) is 0 Å². The van der Waals surface area contributed by atoms with Gasteiger partial charge in [-0.3, -0.25) is 5.10 Å². The van der Waals surface area contributed by atoms with Gasteiger partial charge in [-0.25, -0.2) is 0 Å². The van der Waals surface area contributed by atoms with Gasteiger partial charge in [0.1, 0.15) is 0 Å². The molecule has 2 aromatic heterocycles. The lowest BCUT2D eigenvalue weighted by molar-refractivity contribution is 0.882. The molecule has 1 aliphatic rings. The second kappa shape index (κ2) is 4.02. The van der Waals surface area contributed by atoms with Crippen LogP contribution in [0.1, 0.15) is 12.5 Å². The van der Waals surface area contributed by atoms with Crippen molar-refractivity contribution >= 4 is 11.5 Å². The molecule has 20 heavy (non-hydrogen) atoms. The average Bonchev–Trinajstić information content (AvgIpc) is 2.98. The number of nitrogens with zero attached hydrogens (tertiary/aromatic N) is 5. The Morgan fingerprint density at radius 2 is 1.90 bits per heavy atom. The second-order valence-corrected chi connectivity index (χ2v) is 4.50. The summed E-state index contributed by atoms with van der Waals surface area (Å²) in [6, 6.07) is 9.86. The first-order chi connectivity index (χ1) is 9.83. The van der Waals surface area contributed by atoms with E-state index in [1.165, 1.54) is 0 Å². The van der Waals surface area contributed by atoms with Crippen LogP contribution in [0.4, 0.5) is 0 Å². The zero-order valence-corrected chi connectivity index (χ0v) is 10.7. The van der Waals surface area contributed by atoms with Crippen molar-refractivity contribution in [3.05, 3.63) is 47.6 Å². The van der Waals surface area contributed by atoms with Gasteiger partial charge in [-0.15, -0.1) is 15.3 Å². The van der Waals surface area contributed by atoms with Crippen molar-refractivity contribution in [2.24, 2.45) is 10.2 Å². The van der Waals surface area contributed by atoms with Gasteiger partial charge in [-0.1, -0.05) is 30.3 Å². The third-order valence-corrected chi connectivity index (χ3v) is 3.20. The van der Waals surface area contributed by atoms with Gasteiger partial charge in [0.05, 0.1) is 11.3 Å². The minimum Gasteiger partial charge on any atom is -0.329 e. The number of fused-ring (bicyclic) bond motifs is 2. The Balaban J connectivity index is 2.05. The first kappa shape index (κ1) is 10.9. The summed E-state index contributed by atoms with van der Waals surface area (Å²) in [5.74, 6) is 1.33. The van der Waals surface area contributed by atoms with Crippen LogP contribution in [0.15, 0.2) is 46.7 Å². The number of benzene rings is 1. The fourth-order valence-electron chi connectivity index (χ4n) is 2.16.